The first-order valence-corrected chi connectivity index (χ1v) is 8.50. The Bertz CT molecular complexity index is 667. The minimum Gasteiger partial charge on any atom is -0.457 e. The van der Waals surface area contributed by atoms with Crippen molar-refractivity contribution in [1.29, 1.82) is 0 Å². The number of hydrogen-bond acceptors (Lipinski definition) is 2. The molecule has 2 heteroatoms. The van der Waals surface area contributed by atoms with Crippen LogP contribution in [0.4, 0.5) is 0 Å². The molecule has 1 aromatic carbocycles. The summed E-state index contributed by atoms with van der Waals surface area (Å²) in [5, 5.41) is 0. The van der Waals surface area contributed by atoms with Gasteiger partial charge in [-0.3, -0.25) is 0 Å². The van der Waals surface area contributed by atoms with Crippen molar-refractivity contribution in [1.82, 2.24) is 0 Å². The van der Waals surface area contributed by atoms with Crippen LogP contribution in [-0.4, -0.2) is 12.7 Å². The zero-order valence-corrected chi connectivity index (χ0v) is 13.0. The largest absolute Gasteiger partial charge is 0.457 e. The van der Waals surface area contributed by atoms with Crippen LogP contribution in [0.3, 0.4) is 0 Å². The Labute approximate surface area is 131 Å². The summed E-state index contributed by atoms with van der Waals surface area (Å²) in [4.78, 5) is 0. The second-order valence-electron chi connectivity index (χ2n) is 7.52. The summed E-state index contributed by atoms with van der Waals surface area (Å²) in [6, 6.07) is 8.31. The van der Waals surface area contributed by atoms with Gasteiger partial charge in [0.15, 0.2) is 0 Å². The van der Waals surface area contributed by atoms with Crippen LogP contribution in [0.1, 0.15) is 37.7 Å². The average Bonchev–Trinajstić information content (AvgIpc) is 2.54. The normalized spacial score (nSPS) is 38.1. The molecule has 5 aliphatic rings. The Morgan fingerprint density at radius 2 is 1.82 bits per heavy atom. The maximum atomic E-state index is 6.28. The molecule has 2 unspecified atom stereocenters. The van der Waals surface area contributed by atoms with E-state index in [0.29, 0.717) is 11.8 Å². The molecule has 1 heterocycles. The molecule has 0 spiro atoms. The van der Waals surface area contributed by atoms with E-state index in [1.807, 2.05) is 7.11 Å². The molecule has 4 aliphatic carbocycles. The van der Waals surface area contributed by atoms with E-state index < -0.39 is 0 Å². The van der Waals surface area contributed by atoms with Gasteiger partial charge < -0.3 is 9.47 Å². The van der Waals surface area contributed by atoms with Crippen LogP contribution < -0.4 is 4.74 Å². The predicted octanol–water partition coefficient (Wildman–Crippen LogP) is 4.57. The van der Waals surface area contributed by atoms with Crippen molar-refractivity contribution in [2.24, 2.45) is 17.8 Å². The van der Waals surface area contributed by atoms with E-state index in [1.54, 1.807) is 5.57 Å². The summed E-state index contributed by atoms with van der Waals surface area (Å²) < 4.78 is 12.2. The van der Waals surface area contributed by atoms with E-state index in [0.717, 1.165) is 17.4 Å². The molecule has 0 radical (unpaired) electrons. The smallest absolute Gasteiger partial charge is 0.134 e. The summed E-state index contributed by atoms with van der Waals surface area (Å²) in [7, 11) is 1.91. The van der Waals surface area contributed by atoms with Gasteiger partial charge in [0.25, 0.3) is 0 Å². The second kappa shape index (κ2) is 4.48. The fraction of sp³-hybridized carbons (Fsp3) is 0.500. The fourth-order valence-electron chi connectivity index (χ4n) is 5.55. The highest BCUT2D eigenvalue weighted by Gasteiger charge is 2.54. The van der Waals surface area contributed by atoms with E-state index in [2.05, 4.69) is 36.4 Å². The van der Waals surface area contributed by atoms with Gasteiger partial charge in [0.05, 0.1) is 5.60 Å². The molecular formula is C20H22O2. The van der Waals surface area contributed by atoms with Crippen LogP contribution in [-0.2, 0) is 4.74 Å². The Balaban J connectivity index is 1.55. The van der Waals surface area contributed by atoms with E-state index in [1.165, 1.54) is 37.7 Å². The van der Waals surface area contributed by atoms with Gasteiger partial charge in [-0.25, -0.2) is 0 Å². The molecular weight excluding hydrogens is 272 g/mol. The van der Waals surface area contributed by atoms with Crippen LogP contribution in [0.15, 0.2) is 41.7 Å². The van der Waals surface area contributed by atoms with Crippen molar-refractivity contribution in [3.8, 4) is 5.75 Å². The molecule has 114 valence electrons. The van der Waals surface area contributed by atoms with E-state index in [4.69, 9.17) is 9.47 Å². The van der Waals surface area contributed by atoms with Crippen LogP contribution in [0, 0.1) is 17.8 Å². The summed E-state index contributed by atoms with van der Waals surface area (Å²) in [5.41, 5.74) is 2.93. The monoisotopic (exact) mass is 294 g/mol. The minimum atomic E-state index is 0.164. The van der Waals surface area contributed by atoms with Crippen LogP contribution in [0.25, 0.3) is 6.08 Å². The molecule has 4 saturated carbocycles. The third-order valence-electron chi connectivity index (χ3n) is 6.28. The zero-order valence-electron chi connectivity index (χ0n) is 13.0. The second-order valence-corrected chi connectivity index (χ2v) is 7.52. The van der Waals surface area contributed by atoms with Crippen LogP contribution in [0.5, 0.6) is 5.75 Å². The lowest BCUT2D eigenvalue weighted by Crippen LogP contribution is -2.53. The number of rotatable bonds is 1. The highest BCUT2D eigenvalue weighted by Crippen LogP contribution is 2.60. The van der Waals surface area contributed by atoms with Crippen molar-refractivity contribution < 1.29 is 9.47 Å². The number of methoxy groups -OCH3 is 1. The van der Waals surface area contributed by atoms with Gasteiger partial charge in [0, 0.05) is 12.7 Å². The van der Waals surface area contributed by atoms with Crippen molar-refractivity contribution in [2.75, 3.05) is 7.11 Å². The predicted molar refractivity (Wildman–Crippen MR) is 86.4 cm³/mol. The van der Waals surface area contributed by atoms with Gasteiger partial charge in [-0.2, -0.15) is 0 Å². The van der Waals surface area contributed by atoms with Gasteiger partial charge in [0.2, 0.25) is 0 Å². The first-order chi connectivity index (χ1) is 10.8. The molecule has 4 fully saturated rings. The highest BCUT2D eigenvalue weighted by atomic mass is 16.5. The lowest BCUT2D eigenvalue weighted by molar-refractivity contribution is -0.125. The first-order valence-electron chi connectivity index (χ1n) is 8.50. The van der Waals surface area contributed by atoms with Gasteiger partial charge in [0.1, 0.15) is 11.5 Å². The van der Waals surface area contributed by atoms with E-state index in [9.17, 15) is 0 Å². The Hall–Kier alpha value is -1.54. The molecule has 4 bridgehead atoms. The molecule has 0 amide bonds. The SMILES string of the molecule is COC12CC3CC(C1)C(=C1C=Cc4ccccc4O1)C(C3)C2. The lowest BCUT2D eigenvalue weighted by atomic mass is 9.52. The average molecular weight is 294 g/mol. The molecule has 0 aromatic heterocycles. The number of benzene rings is 1. The standard InChI is InChI=1S/C20H22O2/c1-21-20-10-13-8-15(11-20)19(16(9-13)12-20)18-7-6-14-4-2-3-5-17(14)22-18/h2-7,13,15-16H,8-12H2,1H3. The number of ether oxygens (including phenoxy) is 2. The summed E-state index contributed by atoms with van der Waals surface area (Å²) >= 11 is 0. The summed E-state index contributed by atoms with van der Waals surface area (Å²) in [6.07, 6.45) is 10.7. The van der Waals surface area contributed by atoms with Gasteiger partial charge in [-0.1, -0.05) is 18.2 Å². The number of hydrogen-bond donors (Lipinski definition) is 0. The van der Waals surface area contributed by atoms with Crippen LogP contribution >= 0.6 is 0 Å². The van der Waals surface area contributed by atoms with Crippen molar-refractivity contribution in [3.63, 3.8) is 0 Å². The molecule has 2 atom stereocenters. The first kappa shape index (κ1) is 13.0. The van der Waals surface area contributed by atoms with Gasteiger partial charge in [-0.15, -0.1) is 0 Å². The maximum Gasteiger partial charge on any atom is 0.134 e. The number of allylic oxidation sites excluding steroid dienone is 2. The third kappa shape index (κ3) is 1.77. The lowest BCUT2D eigenvalue weighted by Gasteiger charge is -2.57. The fourth-order valence-corrected chi connectivity index (χ4v) is 5.55. The zero-order chi connectivity index (χ0) is 14.7. The Kier molecular flexibility index (Phi) is 2.64. The van der Waals surface area contributed by atoms with Gasteiger partial charge in [-0.05, 0) is 73.6 Å². The quantitative estimate of drug-likeness (QED) is 0.755. The van der Waals surface area contributed by atoms with E-state index in [-0.39, 0.29) is 5.60 Å². The molecule has 0 saturated heterocycles. The number of fused-ring (bicyclic) bond motifs is 1. The molecule has 1 aliphatic heterocycles. The van der Waals surface area contributed by atoms with Crippen molar-refractivity contribution >= 4 is 6.08 Å². The summed E-state index contributed by atoms with van der Waals surface area (Å²) in [6.45, 7) is 0. The molecule has 1 aromatic rings. The Morgan fingerprint density at radius 3 is 2.59 bits per heavy atom. The van der Waals surface area contributed by atoms with Crippen molar-refractivity contribution in [2.45, 2.75) is 37.7 Å². The minimum absolute atomic E-state index is 0.164. The third-order valence-corrected chi connectivity index (χ3v) is 6.28. The summed E-state index contributed by atoms with van der Waals surface area (Å²) in [5.74, 6) is 4.32. The topological polar surface area (TPSA) is 18.5 Å². The maximum absolute atomic E-state index is 6.28. The van der Waals surface area contributed by atoms with Crippen LogP contribution in [0.2, 0.25) is 0 Å². The number of para-hydroxylation sites is 1. The Morgan fingerprint density at radius 1 is 1.05 bits per heavy atom. The highest BCUT2D eigenvalue weighted by molar-refractivity contribution is 5.63. The molecule has 2 nitrogen and oxygen atoms in total. The van der Waals surface area contributed by atoms with Crippen molar-refractivity contribution in [3.05, 3.63) is 47.2 Å². The molecule has 6 rings (SSSR count). The van der Waals surface area contributed by atoms with E-state index >= 15 is 0 Å². The molecule has 22 heavy (non-hydrogen) atoms. The molecule has 0 N–H and O–H groups in total. The van der Waals surface area contributed by atoms with Gasteiger partial charge >= 0.3 is 0 Å².